The van der Waals surface area contributed by atoms with Gasteiger partial charge in [0.15, 0.2) is 0 Å². The summed E-state index contributed by atoms with van der Waals surface area (Å²) in [4.78, 5) is 0. The molecule has 0 heterocycles. The second kappa shape index (κ2) is 0.664. The van der Waals surface area contributed by atoms with Crippen LogP contribution in [0.5, 0.6) is 0 Å². The molecule has 0 saturated heterocycles. The monoisotopic (exact) mass is 100 g/mol. The molecule has 0 nitrogen and oxygen atoms in total. The summed E-state index contributed by atoms with van der Waals surface area (Å²) in [6.45, 7) is 0. The minimum Gasteiger partial charge on any atom is -0.175 e. The van der Waals surface area contributed by atoms with E-state index in [4.69, 9.17) is 0 Å². The number of hydrogen-bond donors (Lipinski definition) is 1. The van der Waals surface area contributed by atoms with Crippen LogP contribution in [0.1, 0.15) is 19.3 Å². The molecule has 6 heavy (non-hydrogen) atoms. The molecule has 1 atom stereocenters. The van der Waals surface area contributed by atoms with Crippen LogP contribution in [-0.2, 0) is 0 Å². The molecule has 1 unspecified atom stereocenters. The van der Waals surface area contributed by atoms with Crippen LogP contribution in [0.25, 0.3) is 0 Å². The van der Waals surface area contributed by atoms with E-state index in [1.807, 2.05) is 0 Å². The van der Waals surface area contributed by atoms with E-state index in [-0.39, 0.29) is 0 Å². The van der Waals surface area contributed by atoms with Gasteiger partial charge < -0.3 is 0 Å². The molecule has 0 amide bonds. The quantitative estimate of drug-likeness (QED) is 0.438. The molecule has 1 spiro atoms. The van der Waals surface area contributed by atoms with Gasteiger partial charge >= 0.3 is 0 Å². The summed E-state index contributed by atoms with van der Waals surface area (Å²) in [6, 6.07) is 0. The molecule has 2 rings (SSSR count). The second-order valence-electron chi connectivity index (χ2n) is 2.58. The predicted molar refractivity (Wildman–Crippen MR) is 29.1 cm³/mol. The van der Waals surface area contributed by atoms with Crippen LogP contribution in [0.2, 0.25) is 0 Å². The van der Waals surface area contributed by atoms with Gasteiger partial charge in [0.25, 0.3) is 0 Å². The number of thiol groups is 1. The van der Waals surface area contributed by atoms with Gasteiger partial charge in [0, 0.05) is 5.25 Å². The van der Waals surface area contributed by atoms with Crippen molar-refractivity contribution in [2.45, 2.75) is 24.5 Å². The van der Waals surface area contributed by atoms with Crippen LogP contribution in [0.4, 0.5) is 0 Å². The van der Waals surface area contributed by atoms with Crippen LogP contribution >= 0.6 is 12.6 Å². The Morgan fingerprint density at radius 3 is 2.00 bits per heavy atom. The van der Waals surface area contributed by atoms with Crippen molar-refractivity contribution in [1.29, 1.82) is 0 Å². The zero-order valence-corrected chi connectivity index (χ0v) is 4.54. The molecule has 0 aromatic rings. The molecule has 0 radical (unpaired) electrons. The normalized spacial score (nSPS) is 46.5. The standard InChI is InChI=1S/C5H8S/c6-4-3-5(4)1-2-5/h4,6H,1-3H2. The Kier molecular flexibility index (Phi) is 0.372. The SMILES string of the molecule is SC1CC12CC2. The highest BCUT2D eigenvalue weighted by molar-refractivity contribution is 7.81. The summed E-state index contributed by atoms with van der Waals surface area (Å²) in [6.07, 6.45) is 4.36. The van der Waals surface area contributed by atoms with Gasteiger partial charge in [0.05, 0.1) is 0 Å². The van der Waals surface area contributed by atoms with Crippen molar-refractivity contribution in [2.24, 2.45) is 5.41 Å². The van der Waals surface area contributed by atoms with E-state index in [1.54, 1.807) is 0 Å². The average molecular weight is 100 g/mol. The van der Waals surface area contributed by atoms with Crippen LogP contribution in [0.3, 0.4) is 0 Å². The fourth-order valence-corrected chi connectivity index (χ4v) is 1.65. The highest BCUT2D eigenvalue weighted by Gasteiger charge is 2.60. The molecule has 2 aliphatic carbocycles. The molecule has 0 N–H and O–H groups in total. The Bertz CT molecular complexity index is 83.9. The lowest BCUT2D eigenvalue weighted by Crippen LogP contribution is -1.67. The van der Waals surface area contributed by atoms with E-state index in [1.165, 1.54) is 19.3 Å². The Morgan fingerprint density at radius 1 is 1.50 bits per heavy atom. The van der Waals surface area contributed by atoms with E-state index in [0.29, 0.717) is 0 Å². The van der Waals surface area contributed by atoms with E-state index in [9.17, 15) is 0 Å². The van der Waals surface area contributed by atoms with Crippen molar-refractivity contribution < 1.29 is 0 Å². The molecule has 2 saturated carbocycles. The van der Waals surface area contributed by atoms with Crippen molar-refractivity contribution in [2.75, 3.05) is 0 Å². The summed E-state index contributed by atoms with van der Waals surface area (Å²) in [5, 5.41) is 0.803. The van der Waals surface area contributed by atoms with Gasteiger partial charge in [0.1, 0.15) is 0 Å². The van der Waals surface area contributed by atoms with Gasteiger partial charge in [-0.3, -0.25) is 0 Å². The molecule has 0 aliphatic heterocycles. The molecule has 2 aliphatic rings. The first-order chi connectivity index (χ1) is 2.83. The van der Waals surface area contributed by atoms with Crippen molar-refractivity contribution >= 4 is 12.6 Å². The second-order valence-corrected chi connectivity index (χ2v) is 3.21. The number of hydrogen-bond acceptors (Lipinski definition) is 1. The van der Waals surface area contributed by atoms with Gasteiger partial charge in [-0.05, 0) is 24.7 Å². The Labute approximate surface area is 43.3 Å². The van der Waals surface area contributed by atoms with Gasteiger partial charge in [-0.15, -0.1) is 0 Å². The smallest absolute Gasteiger partial charge is 0.00793 e. The third kappa shape index (κ3) is 0.237. The Hall–Kier alpha value is 0.350. The average Bonchev–Trinajstić information content (AvgIpc) is 2.25. The first-order valence-electron chi connectivity index (χ1n) is 2.52. The van der Waals surface area contributed by atoms with E-state index < -0.39 is 0 Å². The summed E-state index contributed by atoms with van der Waals surface area (Å²) in [7, 11) is 0. The summed E-state index contributed by atoms with van der Waals surface area (Å²) in [5.74, 6) is 0. The minimum absolute atomic E-state index is 0.803. The Morgan fingerprint density at radius 2 is 2.00 bits per heavy atom. The molecule has 34 valence electrons. The molecule has 0 bridgehead atoms. The molecule has 2 fully saturated rings. The van der Waals surface area contributed by atoms with Gasteiger partial charge in [-0.25, -0.2) is 0 Å². The maximum Gasteiger partial charge on any atom is 0.00793 e. The van der Waals surface area contributed by atoms with E-state index in [0.717, 1.165) is 10.7 Å². The van der Waals surface area contributed by atoms with Crippen LogP contribution in [-0.4, -0.2) is 5.25 Å². The van der Waals surface area contributed by atoms with Gasteiger partial charge in [-0.2, -0.15) is 12.6 Å². The first-order valence-corrected chi connectivity index (χ1v) is 3.03. The van der Waals surface area contributed by atoms with Crippen LogP contribution in [0.15, 0.2) is 0 Å². The largest absolute Gasteiger partial charge is 0.175 e. The van der Waals surface area contributed by atoms with E-state index in [2.05, 4.69) is 12.6 Å². The highest BCUT2D eigenvalue weighted by atomic mass is 32.1. The topological polar surface area (TPSA) is 0 Å². The van der Waals surface area contributed by atoms with Crippen molar-refractivity contribution in [1.82, 2.24) is 0 Å². The predicted octanol–water partition coefficient (Wildman–Crippen LogP) is 1.47. The lowest BCUT2D eigenvalue weighted by molar-refractivity contribution is 0.905. The van der Waals surface area contributed by atoms with Gasteiger partial charge in [-0.1, -0.05) is 0 Å². The summed E-state index contributed by atoms with van der Waals surface area (Å²) >= 11 is 4.32. The fraction of sp³-hybridized carbons (Fsp3) is 1.00. The summed E-state index contributed by atoms with van der Waals surface area (Å²) < 4.78 is 0. The van der Waals surface area contributed by atoms with Crippen LogP contribution in [0, 0.1) is 5.41 Å². The van der Waals surface area contributed by atoms with Gasteiger partial charge in [0.2, 0.25) is 0 Å². The summed E-state index contributed by atoms with van der Waals surface area (Å²) in [5.41, 5.74) is 0.823. The molecule has 1 heteroatoms. The van der Waals surface area contributed by atoms with E-state index >= 15 is 0 Å². The number of rotatable bonds is 0. The fourth-order valence-electron chi connectivity index (χ4n) is 1.02. The van der Waals surface area contributed by atoms with Crippen molar-refractivity contribution in [3.05, 3.63) is 0 Å². The van der Waals surface area contributed by atoms with Crippen molar-refractivity contribution in [3.8, 4) is 0 Å². The highest BCUT2D eigenvalue weighted by Crippen LogP contribution is 2.68. The van der Waals surface area contributed by atoms with Crippen LogP contribution < -0.4 is 0 Å². The zero-order chi connectivity index (χ0) is 4.20. The minimum atomic E-state index is 0.803. The molecule has 0 aromatic carbocycles. The Balaban J connectivity index is 2.17. The molecular formula is C5H8S. The lowest BCUT2D eigenvalue weighted by atomic mass is 10.4. The molecule has 0 aromatic heterocycles. The maximum atomic E-state index is 4.32. The third-order valence-electron chi connectivity index (χ3n) is 2.04. The third-order valence-corrected chi connectivity index (χ3v) is 2.77. The molecular weight excluding hydrogens is 92.1 g/mol. The zero-order valence-electron chi connectivity index (χ0n) is 3.65. The maximum absolute atomic E-state index is 4.32. The first kappa shape index (κ1) is 3.36. The van der Waals surface area contributed by atoms with Crippen molar-refractivity contribution in [3.63, 3.8) is 0 Å². The lowest BCUT2D eigenvalue weighted by Gasteiger charge is -1.71.